The number of aliphatic hydroxyl groups excluding tert-OH is 1. The monoisotopic (exact) mass is 530 g/mol. The van der Waals surface area contributed by atoms with Crippen LogP contribution >= 0.6 is 0 Å². The summed E-state index contributed by atoms with van der Waals surface area (Å²) in [5, 5.41) is 8.84. The third-order valence-corrected chi connectivity index (χ3v) is 7.97. The molecule has 3 aliphatic heterocycles. The molecule has 2 saturated heterocycles. The summed E-state index contributed by atoms with van der Waals surface area (Å²) in [6.07, 6.45) is 8.20. The Balaban J connectivity index is 1.42. The van der Waals surface area contributed by atoms with Gasteiger partial charge in [-0.2, -0.15) is 0 Å². The number of carbonyl (C=O) groups excluding carboxylic acids is 1. The lowest BCUT2D eigenvalue weighted by Crippen LogP contribution is -2.49. The van der Waals surface area contributed by atoms with Gasteiger partial charge in [-0.15, -0.1) is 0 Å². The van der Waals surface area contributed by atoms with E-state index in [0.29, 0.717) is 44.8 Å². The molecule has 2 fully saturated rings. The smallest absolute Gasteiger partial charge is 0.288 e. The van der Waals surface area contributed by atoms with Crippen molar-refractivity contribution in [3.63, 3.8) is 0 Å². The molecular formula is C30H46N2O6. The number of nitrogens with zero attached hydrogens (tertiary/aromatic N) is 2. The van der Waals surface area contributed by atoms with Crippen LogP contribution in [0.15, 0.2) is 42.2 Å². The van der Waals surface area contributed by atoms with Gasteiger partial charge >= 0.3 is 0 Å². The van der Waals surface area contributed by atoms with Crippen molar-refractivity contribution in [1.29, 1.82) is 0 Å². The van der Waals surface area contributed by atoms with Gasteiger partial charge in [0, 0.05) is 44.2 Å². The first-order valence-electron chi connectivity index (χ1n) is 14.6. The predicted molar refractivity (Wildman–Crippen MR) is 146 cm³/mol. The highest BCUT2D eigenvalue weighted by molar-refractivity contribution is 5.92. The number of likely N-dealkylation sites (tertiary alicyclic amines) is 2. The molecule has 3 heterocycles. The van der Waals surface area contributed by atoms with Gasteiger partial charge in [-0.1, -0.05) is 36.8 Å². The summed E-state index contributed by atoms with van der Waals surface area (Å²) in [4.78, 5) is 18.3. The summed E-state index contributed by atoms with van der Waals surface area (Å²) in [5.74, 6) is 0.379. The standard InChI is InChI=1S/C30H46N2O6/c1-2-37-30-26(13-19-35-21-22-36-20-18-33)27(24-9-5-3-6-10-24)23-28(38-30)29(34)32-16-11-25(12-17-32)31-14-7-4-8-15-31/h3,5-6,9-10,23,25-27,30,33H,2,4,7-8,11-22H2,1H3/t26-,27+,30+/m0/s1. The average molecular weight is 531 g/mol. The zero-order valence-electron chi connectivity index (χ0n) is 23.0. The topological polar surface area (TPSA) is 80.7 Å². The fourth-order valence-corrected chi connectivity index (χ4v) is 5.97. The summed E-state index contributed by atoms with van der Waals surface area (Å²) < 4.78 is 23.5. The first kappa shape index (κ1) is 29.0. The highest BCUT2D eigenvalue weighted by atomic mass is 16.7. The summed E-state index contributed by atoms with van der Waals surface area (Å²) >= 11 is 0. The van der Waals surface area contributed by atoms with E-state index in [-0.39, 0.29) is 24.3 Å². The minimum absolute atomic E-state index is 0.0112. The van der Waals surface area contributed by atoms with Crippen molar-refractivity contribution >= 4 is 5.91 Å². The largest absolute Gasteiger partial charge is 0.459 e. The van der Waals surface area contributed by atoms with E-state index in [0.717, 1.165) is 37.9 Å². The summed E-state index contributed by atoms with van der Waals surface area (Å²) in [6.45, 7) is 8.17. The van der Waals surface area contributed by atoms with Gasteiger partial charge in [0.05, 0.1) is 26.4 Å². The van der Waals surface area contributed by atoms with Crippen LogP contribution in [0.4, 0.5) is 0 Å². The molecule has 0 bridgehead atoms. The van der Waals surface area contributed by atoms with E-state index in [4.69, 9.17) is 24.1 Å². The number of rotatable bonds is 13. The number of amides is 1. The minimum Gasteiger partial charge on any atom is -0.459 e. The maximum Gasteiger partial charge on any atom is 0.288 e. The first-order valence-corrected chi connectivity index (χ1v) is 14.6. The van der Waals surface area contributed by atoms with Crippen LogP contribution in [0.25, 0.3) is 0 Å². The lowest BCUT2D eigenvalue weighted by molar-refractivity contribution is -0.172. The fraction of sp³-hybridized carbons (Fsp3) is 0.700. The predicted octanol–water partition coefficient (Wildman–Crippen LogP) is 3.56. The molecule has 212 valence electrons. The number of piperidine rings is 2. The van der Waals surface area contributed by atoms with Gasteiger partial charge in [-0.3, -0.25) is 4.79 Å². The molecule has 1 amide bonds. The van der Waals surface area contributed by atoms with Crippen molar-refractivity contribution < 1.29 is 28.8 Å². The van der Waals surface area contributed by atoms with E-state index in [1.807, 2.05) is 36.1 Å². The van der Waals surface area contributed by atoms with Crippen LogP contribution in [-0.2, 0) is 23.7 Å². The molecule has 0 saturated carbocycles. The summed E-state index contributed by atoms with van der Waals surface area (Å²) in [6, 6.07) is 10.9. The van der Waals surface area contributed by atoms with Crippen molar-refractivity contribution in [1.82, 2.24) is 9.80 Å². The molecule has 38 heavy (non-hydrogen) atoms. The van der Waals surface area contributed by atoms with E-state index in [1.54, 1.807) is 0 Å². The van der Waals surface area contributed by atoms with Crippen LogP contribution in [0.1, 0.15) is 56.9 Å². The SMILES string of the molecule is CCO[C@@H]1OC(C(=O)N2CCC(N3CCCCC3)CC2)=C[C@H](c2ccccc2)[C@@H]1CCOCCOCCO. The summed E-state index contributed by atoms with van der Waals surface area (Å²) in [5.41, 5.74) is 1.14. The van der Waals surface area contributed by atoms with E-state index < -0.39 is 6.29 Å². The third kappa shape index (κ3) is 8.02. The molecule has 0 aromatic heterocycles. The molecule has 0 radical (unpaired) electrons. The Morgan fingerprint density at radius 1 is 0.974 bits per heavy atom. The Kier molecular flexibility index (Phi) is 11.9. The summed E-state index contributed by atoms with van der Waals surface area (Å²) in [7, 11) is 0. The molecule has 1 aromatic rings. The normalized spacial score (nSPS) is 25.2. The van der Waals surface area contributed by atoms with Gasteiger partial charge < -0.3 is 33.9 Å². The van der Waals surface area contributed by atoms with Gasteiger partial charge in [0.15, 0.2) is 5.76 Å². The molecular weight excluding hydrogens is 484 g/mol. The molecule has 1 N–H and O–H groups in total. The van der Waals surface area contributed by atoms with E-state index in [1.165, 1.54) is 32.4 Å². The zero-order chi connectivity index (χ0) is 26.6. The lowest BCUT2D eigenvalue weighted by atomic mass is 9.81. The van der Waals surface area contributed by atoms with Crippen molar-refractivity contribution in [2.24, 2.45) is 5.92 Å². The fourth-order valence-electron chi connectivity index (χ4n) is 5.97. The van der Waals surface area contributed by atoms with Crippen molar-refractivity contribution in [3.8, 4) is 0 Å². The number of benzene rings is 1. The molecule has 1 aromatic carbocycles. The van der Waals surface area contributed by atoms with Gasteiger partial charge in [-0.25, -0.2) is 0 Å². The molecule has 3 aliphatic rings. The molecule has 0 aliphatic carbocycles. The second-order valence-corrected chi connectivity index (χ2v) is 10.4. The molecule has 0 unspecified atom stereocenters. The molecule has 0 spiro atoms. The second-order valence-electron chi connectivity index (χ2n) is 10.4. The van der Waals surface area contributed by atoms with Gasteiger partial charge in [0.25, 0.3) is 5.91 Å². The minimum atomic E-state index is -0.519. The number of ether oxygens (including phenoxy) is 4. The van der Waals surface area contributed by atoms with E-state index >= 15 is 0 Å². The second kappa shape index (κ2) is 15.6. The average Bonchev–Trinajstić information content (AvgIpc) is 2.98. The van der Waals surface area contributed by atoms with Gasteiger partial charge in [0.1, 0.15) is 0 Å². The van der Waals surface area contributed by atoms with Crippen LogP contribution < -0.4 is 0 Å². The van der Waals surface area contributed by atoms with E-state index in [9.17, 15) is 4.79 Å². The Morgan fingerprint density at radius 3 is 2.37 bits per heavy atom. The highest BCUT2D eigenvalue weighted by Gasteiger charge is 2.39. The van der Waals surface area contributed by atoms with Gasteiger partial charge in [0.2, 0.25) is 6.29 Å². The van der Waals surface area contributed by atoms with Crippen molar-refractivity contribution in [2.75, 3.05) is 65.8 Å². The highest BCUT2D eigenvalue weighted by Crippen LogP contribution is 2.39. The molecule has 8 nitrogen and oxygen atoms in total. The number of carbonyl (C=O) groups is 1. The Hall–Kier alpha value is -1.97. The maximum absolute atomic E-state index is 13.7. The Labute approximate surface area is 227 Å². The number of hydrogen-bond donors (Lipinski definition) is 1. The third-order valence-electron chi connectivity index (χ3n) is 7.97. The lowest BCUT2D eigenvalue weighted by Gasteiger charge is -2.41. The maximum atomic E-state index is 13.7. The zero-order valence-corrected chi connectivity index (χ0v) is 23.0. The van der Waals surface area contributed by atoms with Crippen LogP contribution in [0.2, 0.25) is 0 Å². The Morgan fingerprint density at radius 2 is 1.68 bits per heavy atom. The van der Waals surface area contributed by atoms with Gasteiger partial charge in [-0.05, 0) is 63.8 Å². The van der Waals surface area contributed by atoms with Crippen LogP contribution in [0.5, 0.6) is 0 Å². The molecule has 8 heteroatoms. The van der Waals surface area contributed by atoms with Crippen LogP contribution in [-0.4, -0.2) is 99.0 Å². The first-order chi connectivity index (χ1) is 18.7. The number of hydrogen-bond acceptors (Lipinski definition) is 7. The van der Waals surface area contributed by atoms with E-state index in [2.05, 4.69) is 17.0 Å². The van der Waals surface area contributed by atoms with Crippen LogP contribution in [0, 0.1) is 5.92 Å². The number of aliphatic hydroxyl groups is 1. The van der Waals surface area contributed by atoms with Crippen LogP contribution in [0.3, 0.4) is 0 Å². The number of allylic oxidation sites excluding steroid dienone is 1. The molecule has 4 rings (SSSR count). The van der Waals surface area contributed by atoms with Crippen molar-refractivity contribution in [2.45, 2.75) is 63.7 Å². The Bertz CT molecular complexity index is 852. The van der Waals surface area contributed by atoms with Crippen molar-refractivity contribution in [3.05, 3.63) is 47.7 Å². The molecule has 3 atom stereocenters. The quantitative estimate of drug-likeness (QED) is 0.391.